The number of aromatic nitrogens is 2. The van der Waals surface area contributed by atoms with E-state index in [0.717, 1.165) is 27.9 Å². The van der Waals surface area contributed by atoms with Crippen LogP contribution in [-0.4, -0.2) is 26.9 Å². The fraction of sp³-hybridized carbons (Fsp3) is 0.125. The van der Waals surface area contributed by atoms with E-state index in [1.165, 1.54) is 6.33 Å². The normalized spacial score (nSPS) is 11.0. The lowest BCUT2D eigenvalue weighted by atomic mass is 10.2. The Balaban J connectivity index is 1.79. The van der Waals surface area contributed by atoms with Gasteiger partial charge in [-0.1, -0.05) is 12.1 Å². The minimum atomic E-state index is -2.34. The van der Waals surface area contributed by atoms with Crippen molar-refractivity contribution in [2.75, 3.05) is 12.4 Å². The monoisotopic (exact) mass is 345 g/mol. The molecule has 0 saturated heterocycles. The largest absolute Gasteiger partial charge is 0.497 e. The molecule has 1 heterocycles. The van der Waals surface area contributed by atoms with Crippen molar-refractivity contribution in [3.63, 3.8) is 0 Å². The summed E-state index contributed by atoms with van der Waals surface area (Å²) in [5.74, 6) is 1.44. The van der Waals surface area contributed by atoms with Gasteiger partial charge in [0.2, 0.25) is 0 Å². The summed E-state index contributed by atoms with van der Waals surface area (Å²) in [6.07, 6.45) is 1.50. The van der Waals surface area contributed by atoms with Crippen LogP contribution < -0.4 is 10.1 Å². The molecule has 0 aliphatic carbocycles. The van der Waals surface area contributed by atoms with Gasteiger partial charge in [-0.2, -0.15) is 0 Å². The molecule has 3 aromatic rings. The van der Waals surface area contributed by atoms with Gasteiger partial charge in [-0.25, -0.2) is 9.97 Å². The minimum Gasteiger partial charge on any atom is -0.497 e. The van der Waals surface area contributed by atoms with Gasteiger partial charge in [0.05, 0.1) is 19.2 Å². The summed E-state index contributed by atoms with van der Waals surface area (Å²) in [7, 11) is -0.724. The van der Waals surface area contributed by atoms with Crippen molar-refractivity contribution in [2.45, 2.75) is 6.61 Å². The maximum absolute atomic E-state index is 8.76. The highest BCUT2D eigenvalue weighted by molar-refractivity contribution is 7.39. The molecule has 0 saturated carbocycles. The van der Waals surface area contributed by atoms with Crippen LogP contribution >= 0.6 is 8.60 Å². The minimum absolute atomic E-state index is 0.148. The third-order valence-corrected chi connectivity index (χ3v) is 3.77. The fourth-order valence-electron chi connectivity index (χ4n) is 2.22. The number of anilines is 2. The molecule has 0 spiro atoms. The molecule has 2 aromatic carbocycles. The smallest absolute Gasteiger partial charge is 0.327 e. The Labute approximate surface area is 139 Å². The molecule has 8 heteroatoms. The van der Waals surface area contributed by atoms with Gasteiger partial charge in [-0.05, 0) is 29.8 Å². The van der Waals surface area contributed by atoms with Crippen LogP contribution in [0.4, 0.5) is 11.5 Å². The first-order valence-electron chi connectivity index (χ1n) is 7.11. The second-order valence-corrected chi connectivity index (χ2v) is 5.72. The Morgan fingerprint density at radius 2 is 1.88 bits per heavy atom. The van der Waals surface area contributed by atoms with Crippen LogP contribution in [0, 0.1) is 0 Å². The molecule has 0 amide bonds. The molecular formula is C16H16N3O4P. The van der Waals surface area contributed by atoms with Crippen LogP contribution in [0.15, 0.2) is 48.8 Å². The molecule has 1 aromatic heterocycles. The molecule has 7 nitrogen and oxygen atoms in total. The van der Waals surface area contributed by atoms with Crippen molar-refractivity contribution < 1.29 is 19.0 Å². The predicted octanol–water partition coefficient (Wildman–Crippen LogP) is 3.11. The Hall–Kier alpha value is -2.31. The summed E-state index contributed by atoms with van der Waals surface area (Å²) in [5.41, 5.74) is 2.48. The molecule has 0 aliphatic rings. The predicted molar refractivity (Wildman–Crippen MR) is 92.0 cm³/mol. The Morgan fingerprint density at radius 1 is 1.08 bits per heavy atom. The van der Waals surface area contributed by atoms with Crippen LogP contribution in [0.25, 0.3) is 10.9 Å². The highest BCUT2D eigenvalue weighted by Crippen LogP contribution is 2.28. The topological polar surface area (TPSA) is 96.7 Å². The molecule has 0 bridgehead atoms. The zero-order valence-electron chi connectivity index (χ0n) is 12.9. The average Bonchev–Trinajstić information content (AvgIpc) is 2.61. The zero-order chi connectivity index (χ0) is 16.9. The summed E-state index contributed by atoms with van der Waals surface area (Å²) in [6, 6.07) is 13.0. The average molecular weight is 345 g/mol. The lowest BCUT2D eigenvalue weighted by Crippen LogP contribution is -1.97. The number of fused-ring (bicyclic) bond motifs is 1. The van der Waals surface area contributed by atoms with Crippen molar-refractivity contribution >= 4 is 31.0 Å². The molecule has 0 unspecified atom stereocenters. The molecule has 0 radical (unpaired) electrons. The maximum Gasteiger partial charge on any atom is 0.327 e. The van der Waals surface area contributed by atoms with E-state index in [1.54, 1.807) is 7.11 Å². The van der Waals surface area contributed by atoms with Crippen LogP contribution in [0.2, 0.25) is 0 Å². The van der Waals surface area contributed by atoms with Crippen LogP contribution in [-0.2, 0) is 11.1 Å². The van der Waals surface area contributed by atoms with Gasteiger partial charge >= 0.3 is 8.60 Å². The number of nitrogens with one attached hydrogen (secondary N) is 1. The van der Waals surface area contributed by atoms with Crippen molar-refractivity contribution in [2.24, 2.45) is 0 Å². The van der Waals surface area contributed by atoms with E-state index in [0.29, 0.717) is 5.82 Å². The van der Waals surface area contributed by atoms with Gasteiger partial charge in [0.25, 0.3) is 0 Å². The Morgan fingerprint density at radius 3 is 2.58 bits per heavy atom. The van der Waals surface area contributed by atoms with Gasteiger partial charge in [0, 0.05) is 17.1 Å². The lowest BCUT2D eigenvalue weighted by Gasteiger charge is -2.10. The first-order chi connectivity index (χ1) is 11.7. The van der Waals surface area contributed by atoms with Crippen molar-refractivity contribution in [3.05, 3.63) is 54.4 Å². The van der Waals surface area contributed by atoms with Crippen LogP contribution in [0.5, 0.6) is 5.75 Å². The summed E-state index contributed by atoms with van der Waals surface area (Å²) < 4.78 is 9.99. The molecule has 3 N–H and O–H groups in total. The van der Waals surface area contributed by atoms with E-state index >= 15 is 0 Å². The molecule has 24 heavy (non-hydrogen) atoms. The van der Waals surface area contributed by atoms with E-state index < -0.39 is 8.60 Å². The second kappa shape index (κ2) is 7.51. The maximum atomic E-state index is 8.76. The highest BCUT2D eigenvalue weighted by atomic mass is 31.2. The first-order valence-corrected chi connectivity index (χ1v) is 8.28. The number of hydrogen-bond acceptors (Lipinski definition) is 7. The molecule has 124 valence electrons. The number of hydrogen-bond donors (Lipinski definition) is 3. The summed E-state index contributed by atoms with van der Waals surface area (Å²) in [5, 5.41) is 4.14. The van der Waals surface area contributed by atoms with Crippen molar-refractivity contribution in [1.82, 2.24) is 9.97 Å². The highest BCUT2D eigenvalue weighted by Gasteiger charge is 2.06. The van der Waals surface area contributed by atoms with Crippen LogP contribution in [0.3, 0.4) is 0 Å². The number of benzene rings is 2. The molecule has 0 atom stereocenters. The van der Waals surface area contributed by atoms with Crippen molar-refractivity contribution in [3.8, 4) is 5.75 Å². The van der Waals surface area contributed by atoms with Gasteiger partial charge in [-0.3, -0.25) is 0 Å². The fourth-order valence-corrected chi connectivity index (χ4v) is 2.48. The third-order valence-electron chi connectivity index (χ3n) is 3.41. The van der Waals surface area contributed by atoms with Gasteiger partial charge in [0.1, 0.15) is 17.9 Å². The number of nitrogens with zero attached hydrogens (tertiary/aromatic N) is 2. The van der Waals surface area contributed by atoms with Gasteiger partial charge in [-0.15, -0.1) is 0 Å². The van der Waals surface area contributed by atoms with Gasteiger partial charge < -0.3 is 24.4 Å². The van der Waals surface area contributed by atoms with Crippen LogP contribution in [0.1, 0.15) is 5.56 Å². The quantitative estimate of drug-likeness (QED) is 0.591. The van der Waals surface area contributed by atoms with E-state index in [2.05, 4.69) is 15.3 Å². The molecule has 3 rings (SSSR count). The summed E-state index contributed by atoms with van der Waals surface area (Å²) in [6.45, 7) is 0.148. The number of rotatable bonds is 6. The van der Waals surface area contributed by atoms with E-state index in [4.69, 9.17) is 19.0 Å². The molecule has 0 aliphatic heterocycles. The summed E-state index contributed by atoms with van der Waals surface area (Å²) in [4.78, 5) is 26.1. The zero-order valence-corrected chi connectivity index (χ0v) is 13.8. The second-order valence-electron chi connectivity index (χ2n) is 4.95. The standard InChI is InChI=1S/C16H16N3O4P/c1-22-13-6-7-14-15(8-13)17-10-18-16(14)19-12-4-2-11(3-5-12)9-23-24(20)21/h2-8,10,20-21H,9H2,1H3,(H,17,18,19). The number of ether oxygens (including phenoxy) is 1. The molecule has 0 fully saturated rings. The van der Waals surface area contributed by atoms with Gasteiger partial charge in [0.15, 0.2) is 0 Å². The summed E-state index contributed by atoms with van der Waals surface area (Å²) >= 11 is 0. The first kappa shape index (κ1) is 16.5. The Kier molecular flexibility index (Phi) is 5.17. The third kappa shape index (κ3) is 3.96. The van der Waals surface area contributed by atoms with Crippen molar-refractivity contribution in [1.29, 1.82) is 0 Å². The SMILES string of the molecule is COc1ccc2c(Nc3ccc(COP(O)O)cc3)ncnc2c1. The van der Waals surface area contributed by atoms with E-state index in [9.17, 15) is 0 Å². The Bertz CT molecular complexity index is 827. The number of methoxy groups -OCH3 is 1. The van der Waals surface area contributed by atoms with E-state index in [1.807, 2.05) is 42.5 Å². The lowest BCUT2D eigenvalue weighted by molar-refractivity contribution is 0.246. The molecular weight excluding hydrogens is 329 g/mol. The van der Waals surface area contributed by atoms with E-state index in [-0.39, 0.29) is 6.61 Å².